The largest absolute Gasteiger partial charge is 0.480 e. The number of nitrogens with zero attached hydrogens (tertiary/aromatic N) is 2. The Labute approximate surface area is 145 Å². The molecule has 2 rings (SSSR count). The van der Waals surface area contributed by atoms with Gasteiger partial charge in [0.2, 0.25) is 10.0 Å². The highest BCUT2D eigenvalue weighted by molar-refractivity contribution is 7.89. The molecule has 0 aliphatic carbocycles. The summed E-state index contributed by atoms with van der Waals surface area (Å²) in [6.45, 7) is 1.71. The van der Waals surface area contributed by atoms with Gasteiger partial charge in [-0.05, 0) is 30.7 Å². The van der Waals surface area contributed by atoms with Crippen molar-refractivity contribution in [2.45, 2.75) is 30.5 Å². The second-order valence-electron chi connectivity index (χ2n) is 5.41. The number of benzene rings is 1. The van der Waals surface area contributed by atoms with Gasteiger partial charge < -0.3 is 5.11 Å². The van der Waals surface area contributed by atoms with Crippen LogP contribution in [0.4, 0.5) is 17.6 Å². The van der Waals surface area contributed by atoms with Crippen molar-refractivity contribution in [1.29, 1.82) is 0 Å². The maximum atomic E-state index is 14.2. The molecule has 2 aromatic rings. The highest BCUT2D eigenvalue weighted by Crippen LogP contribution is 2.23. The van der Waals surface area contributed by atoms with E-state index in [1.54, 1.807) is 6.92 Å². The number of carbonyl (C=O) groups is 1. The summed E-state index contributed by atoms with van der Waals surface area (Å²) in [4.78, 5) is 10.2. The SMILES string of the molecule is Cc1cnn(-c2ccc(S(=O)(=O)NC(CC(F)(F)F)C(=O)O)cc2F)c1. The summed E-state index contributed by atoms with van der Waals surface area (Å²) in [5.41, 5.74) is 0.640. The van der Waals surface area contributed by atoms with E-state index in [-0.39, 0.29) is 5.69 Å². The molecule has 0 fully saturated rings. The minimum atomic E-state index is -4.90. The van der Waals surface area contributed by atoms with Crippen molar-refractivity contribution >= 4 is 16.0 Å². The predicted octanol–water partition coefficient (Wildman–Crippen LogP) is 2.00. The Balaban J connectivity index is 2.31. The highest BCUT2D eigenvalue weighted by atomic mass is 32.2. The minimum Gasteiger partial charge on any atom is -0.480 e. The van der Waals surface area contributed by atoms with E-state index in [1.807, 2.05) is 0 Å². The fourth-order valence-electron chi connectivity index (χ4n) is 2.05. The molecule has 2 N–H and O–H groups in total. The van der Waals surface area contributed by atoms with Crippen LogP contribution in [-0.2, 0) is 14.8 Å². The van der Waals surface area contributed by atoms with E-state index in [4.69, 9.17) is 5.11 Å². The number of aryl methyl sites for hydroxylation is 1. The van der Waals surface area contributed by atoms with Crippen LogP contribution in [0.5, 0.6) is 0 Å². The first-order chi connectivity index (χ1) is 11.9. The fraction of sp³-hybridized carbons (Fsp3) is 0.286. The summed E-state index contributed by atoms with van der Waals surface area (Å²) in [5, 5.41) is 12.6. The van der Waals surface area contributed by atoms with Crippen LogP contribution < -0.4 is 4.72 Å². The number of carboxylic acids is 1. The standard InChI is InChI=1S/C14H13F4N3O4S/c1-8-6-19-21(7-8)12-3-2-9(4-10(12)15)26(24,25)20-11(13(22)23)5-14(16,17)18/h2-4,6-7,11,20H,5H2,1H3,(H,22,23). The molecule has 0 radical (unpaired) electrons. The molecule has 1 atom stereocenters. The molecule has 0 amide bonds. The van der Waals surface area contributed by atoms with E-state index in [0.717, 1.165) is 22.4 Å². The molecule has 0 aliphatic heterocycles. The van der Waals surface area contributed by atoms with Gasteiger partial charge in [-0.1, -0.05) is 0 Å². The molecule has 142 valence electrons. The molecule has 12 heteroatoms. The van der Waals surface area contributed by atoms with Gasteiger partial charge in [-0.3, -0.25) is 4.79 Å². The van der Waals surface area contributed by atoms with Gasteiger partial charge in [0.1, 0.15) is 17.5 Å². The Hall–Kier alpha value is -2.47. The number of rotatable bonds is 6. The first-order valence-electron chi connectivity index (χ1n) is 7.02. The van der Waals surface area contributed by atoms with Crippen molar-refractivity contribution in [2.75, 3.05) is 0 Å². The number of carboxylic acid groups (broad SMARTS) is 1. The highest BCUT2D eigenvalue weighted by Gasteiger charge is 2.38. The molecule has 0 aliphatic rings. The van der Waals surface area contributed by atoms with Crippen LogP contribution in [0.3, 0.4) is 0 Å². The summed E-state index contributed by atoms with van der Waals surface area (Å²) in [5.74, 6) is -3.01. The summed E-state index contributed by atoms with van der Waals surface area (Å²) in [6.07, 6.45) is -3.89. The summed E-state index contributed by atoms with van der Waals surface area (Å²) in [6, 6.07) is 0.137. The molecule has 1 unspecified atom stereocenters. The second-order valence-corrected chi connectivity index (χ2v) is 7.12. The van der Waals surface area contributed by atoms with Crippen LogP contribution in [0.1, 0.15) is 12.0 Å². The van der Waals surface area contributed by atoms with Gasteiger partial charge in [-0.2, -0.15) is 23.0 Å². The Morgan fingerprint density at radius 1 is 1.38 bits per heavy atom. The first-order valence-corrected chi connectivity index (χ1v) is 8.50. The van der Waals surface area contributed by atoms with Crippen LogP contribution in [-0.4, -0.2) is 41.5 Å². The number of halogens is 4. The third-order valence-corrected chi connectivity index (χ3v) is 4.69. The van der Waals surface area contributed by atoms with Gasteiger partial charge in [0.15, 0.2) is 0 Å². The summed E-state index contributed by atoms with van der Waals surface area (Å²) in [7, 11) is -4.69. The quantitative estimate of drug-likeness (QED) is 0.729. The molecule has 0 bridgehead atoms. The Kier molecular flexibility index (Phi) is 5.37. The minimum absolute atomic E-state index is 0.0814. The van der Waals surface area contributed by atoms with Gasteiger partial charge in [0, 0.05) is 6.20 Å². The van der Waals surface area contributed by atoms with Crippen LogP contribution in [0.2, 0.25) is 0 Å². The maximum absolute atomic E-state index is 14.2. The Morgan fingerprint density at radius 3 is 2.50 bits per heavy atom. The lowest BCUT2D eigenvalue weighted by molar-refractivity contribution is -0.157. The lowest BCUT2D eigenvalue weighted by Crippen LogP contribution is -2.43. The number of sulfonamides is 1. The molecule has 1 aromatic carbocycles. The molecule has 1 aromatic heterocycles. The van der Waals surface area contributed by atoms with E-state index in [0.29, 0.717) is 6.07 Å². The van der Waals surface area contributed by atoms with E-state index >= 15 is 0 Å². The van der Waals surface area contributed by atoms with Crippen molar-refractivity contribution in [3.8, 4) is 5.69 Å². The monoisotopic (exact) mass is 395 g/mol. The summed E-state index contributed by atoms with van der Waals surface area (Å²) < 4.78 is 78.1. The number of nitrogens with one attached hydrogen (secondary N) is 1. The lowest BCUT2D eigenvalue weighted by Gasteiger charge is -2.16. The van der Waals surface area contributed by atoms with Crippen molar-refractivity contribution < 1.29 is 35.9 Å². The third kappa shape index (κ3) is 4.79. The van der Waals surface area contributed by atoms with Gasteiger partial charge in [-0.15, -0.1) is 0 Å². The average Bonchev–Trinajstić information content (AvgIpc) is 2.91. The second kappa shape index (κ2) is 7.03. The van der Waals surface area contributed by atoms with Gasteiger partial charge >= 0.3 is 12.1 Å². The lowest BCUT2D eigenvalue weighted by atomic mass is 10.2. The number of hydrogen-bond acceptors (Lipinski definition) is 4. The Morgan fingerprint density at radius 2 is 2.04 bits per heavy atom. The fourth-order valence-corrected chi connectivity index (χ4v) is 3.25. The zero-order valence-electron chi connectivity index (χ0n) is 13.2. The molecular weight excluding hydrogens is 382 g/mol. The van der Waals surface area contributed by atoms with Crippen LogP contribution >= 0.6 is 0 Å². The summed E-state index contributed by atoms with van der Waals surface area (Å²) >= 11 is 0. The average molecular weight is 395 g/mol. The molecule has 0 spiro atoms. The molecular formula is C14H13F4N3O4S. The number of aromatic nitrogens is 2. The normalized spacial score (nSPS) is 13.6. The number of hydrogen-bond donors (Lipinski definition) is 2. The van der Waals surface area contributed by atoms with Gasteiger partial charge in [0.05, 0.1) is 17.5 Å². The van der Waals surface area contributed by atoms with E-state index < -0.39 is 45.3 Å². The van der Waals surface area contributed by atoms with Crippen LogP contribution in [0, 0.1) is 12.7 Å². The predicted molar refractivity (Wildman–Crippen MR) is 80.7 cm³/mol. The molecule has 0 saturated heterocycles. The zero-order chi connectivity index (χ0) is 19.7. The maximum Gasteiger partial charge on any atom is 0.391 e. The molecule has 0 saturated carbocycles. The van der Waals surface area contributed by atoms with E-state index in [2.05, 4.69) is 5.10 Å². The zero-order valence-corrected chi connectivity index (χ0v) is 14.0. The topological polar surface area (TPSA) is 101 Å². The number of aliphatic carboxylic acids is 1. The van der Waals surface area contributed by atoms with Crippen molar-refractivity contribution in [3.05, 3.63) is 42.0 Å². The van der Waals surface area contributed by atoms with Gasteiger partial charge in [-0.25, -0.2) is 17.5 Å². The smallest absolute Gasteiger partial charge is 0.391 e. The molecule has 1 heterocycles. The van der Waals surface area contributed by atoms with Crippen molar-refractivity contribution in [1.82, 2.24) is 14.5 Å². The Bertz CT molecular complexity index is 925. The molecule has 7 nitrogen and oxygen atoms in total. The first kappa shape index (κ1) is 19.8. The van der Waals surface area contributed by atoms with E-state index in [9.17, 15) is 30.8 Å². The van der Waals surface area contributed by atoms with Crippen molar-refractivity contribution in [2.24, 2.45) is 0 Å². The van der Waals surface area contributed by atoms with Gasteiger partial charge in [0.25, 0.3) is 0 Å². The third-order valence-electron chi connectivity index (χ3n) is 3.22. The number of alkyl halides is 3. The van der Waals surface area contributed by atoms with Crippen LogP contribution in [0.25, 0.3) is 5.69 Å². The molecule has 26 heavy (non-hydrogen) atoms. The van der Waals surface area contributed by atoms with E-state index in [1.165, 1.54) is 17.1 Å². The van der Waals surface area contributed by atoms with Crippen LogP contribution in [0.15, 0.2) is 35.5 Å². The van der Waals surface area contributed by atoms with Crippen molar-refractivity contribution in [3.63, 3.8) is 0 Å².